The lowest BCUT2D eigenvalue weighted by atomic mass is 9.98. The van der Waals surface area contributed by atoms with Crippen molar-refractivity contribution < 1.29 is 19.1 Å². The standard InChI is InChI=1S/C29H38N2O4S/c1-18(2)16-24(25(32)35-28(3,4)5)30-26(36)29(6,7)31-27(33)34-17-23-21-14-10-8-12-19(21)20-13-9-11-15-22(20)23/h8-15,18,23-24H,16-17H2,1-7H3,(H,30,36)(H,31,33)/t24-/m0/s1. The van der Waals surface area contributed by atoms with Crippen LogP contribution in [0.1, 0.15) is 71.9 Å². The molecule has 3 rings (SSSR count). The first-order chi connectivity index (χ1) is 16.8. The summed E-state index contributed by atoms with van der Waals surface area (Å²) in [6.07, 6.45) is -0.0144. The molecule has 36 heavy (non-hydrogen) atoms. The highest BCUT2D eigenvalue weighted by Gasteiger charge is 2.34. The maximum absolute atomic E-state index is 12.8. The van der Waals surface area contributed by atoms with Crippen molar-refractivity contribution in [1.29, 1.82) is 0 Å². The van der Waals surface area contributed by atoms with Crippen LogP contribution in [0.2, 0.25) is 0 Å². The lowest BCUT2D eigenvalue weighted by Crippen LogP contribution is -2.57. The van der Waals surface area contributed by atoms with Crippen LogP contribution in [0.15, 0.2) is 48.5 Å². The van der Waals surface area contributed by atoms with Crippen molar-refractivity contribution in [2.75, 3.05) is 6.61 Å². The SMILES string of the molecule is CC(C)C[C@H](NC(=S)C(C)(C)NC(=O)OCC1c2ccccc2-c2ccccc21)C(=O)OC(C)(C)C. The molecule has 2 aromatic carbocycles. The molecule has 194 valence electrons. The Hall–Kier alpha value is -2.93. The summed E-state index contributed by atoms with van der Waals surface area (Å²) in [5.74, 6) is -0.148. The molecule has 1 aliphatic carbocycles. The number of ether oxygens (including phenoxy) is 2. The van der Waals surface area contributed by atoms with Crippen LogP contribution >= 0.6 is 12.2 Å². The third-order valence-electron chi connectivity index (χ3n) is 6.03. The first-order valence-corrected chi connectivity index (χ1v) is 12.9. The number of nitrogens with one attached hydrogen (secondary N) is 2. The zero-order valence-electron chi connectivity index (χ0n) is 22.3. The Morgan fingerprint density at radius 1 is 0.944 bits per heavy atom. The van der Waals surface area contributed by atoms with Crippen molar-refractivity contribution in [3.05, 3.63) is 59.7 Å². The number of carbonyl (C=O) groups excluding carboxylic acids is 2. The highest BCUT2D eigenvalue weighted by Crippen LogP contribution is 2.44. The maximum Gasteiger partial charge on any atom is 0.407 e. The van der Waals surface area contributed by atoms with Crippen LogP contribution in [0.5, 0.6) is 0 Å². The molecule has 6 nitrogen and oxygen atoms in total. The number of thiocarbonyl (C=S) groups is 1. The first kappa shape index (κ1) is 27.7. The summed E-state index contributed by atoms with van der Waals surface area (Å²) in [6.45, 7) is 13.3. The molecule has 1 atom stereocenters. The number of rotatable bonds is 8. The van der Waals surface area contributed by atoms with Crippen molar-refractivity contribution in [2.24, 2.45) is 5.92 Å². The number of benzene rings is 2. The van der Waals surface area contributed by atoms with E-state index in [1.807, 2.05) is 58.9 Å². The van der Waals surface area contributed by atoms with E-state index in [-0.39, 0.29) is 24.4 Å². The topological polar surface area (TPSA) is 76.7 Å². The van der Waals surface area contributed by atoms with Gasteiger partial charge in [-0.3, -0.25) is 0 Å². The van der Waals surface area contributed by atoms with Crippen LogP contribution < -0.4 is 10.6 Å². The highest BCUT2D eigenvalue weighted by molar-refractivity contribution is 7.80. The molecule has 0 aromatic heterocycles. The summed E-state index contributed by atoms with van der Waals surface area (Å²) in [7, 11) is 0. The van der Waals surface area contributed by atoms with Crippen LogP contribution in [0.3, 0.4) is 0 Å². The van der Waals surface area contributed by atoms with Crippen molar-refractivity contribution in [2.45, 2.75) is 78.0 Å². The molecule has 1 amide bonds. The Morgan fingerprint density at radius 2 is 1.47 bits per heavy atom. The molecule has 2 N–H and O–H groups in total. The lowest BCUT2D eigenvalue weighted by Gasteiger charge is -2.32. The molecule has 0 aliphatic heterocycles. The first-order valence-electron chi connectivity index (χ1n) is 12.5. The number of fused-ring (bicyclic) bond motifs is 3. The second-order valence-electron chi connectivity index (χ2n) is 11.3. The predicted octanol–water partition coefficient (Wildman–Crippen LogP) is 5.98. The summed E-state index contributed by atoms with van der Waals surface area (Å²) in [6, 6.07) is 15.8. The molecule has 0 heterocycles. The number of hydrogen-bond donors (Lipinski definition) is 2. The summed E-state index contributed by atoms with van der Waals surface area (Å²) in [5, 5.41) is 5.98. The number of amides is 1. The van der Waals surface area contributed by atoms with Gasteiger partial charge in [-0.25, -0.2) is 9.59 Å². The lowest BCUT2D eigenvalue weighted by molar-refractivity contribution is -0.157. The van der Waals surface area contributed by atoms with E-state index in [4.69, 9.17) is 21.7 Å². The molecule has 0 saturated carbocycles. The van der Waals surface area contributed by atoms with E-state index in [2.05, 4.69) is 34.9 Å². The monoisotopic (exact) mass is 510 g/mol. The third-order valence-corrected chi connectivity index (χ3v) is 6.66. The molecule has 0 radical (unpaired) electrons. The van der Waals surface area contributed by atoms with Crippen molar-refractivity contribution >= 4 is 29.3 Å². The highest BCUT2D eigenvalue weighted by atomic mass is 32.1. The fourth-order valence-corrected chi connectivity index (χ4v) is 4.54. The summed E-state index contributed by atoms with van der Waals surface area (Å²) >= 11 is 5.60. The van der Waals surface area contributed by atoms with E-state index in [1.165, 1.54) is 11.1 Å². The van der Waals surface area contributed by atoms with E-state index in [0.717, 1.165) is 11.1 Å². The van der Waals surface area contributed by atoms with Gasteiger partial charge in [0.1, 0.15) is 23.2 Å². The molecule has 0 spiro atoms. The van der Waals surface area contributed by atoms with Gasteiger partial charge in [0.2, 0.25) is 0 Å². The second kappa shape index (κ2) is 11.0. The van der Waals surface area contributed by atoms with E-state index >= 15 is 0 Å². The smallest absolute Gasteiger partial charge is 0.407 e. The number of alkyl carbamates (subject to hydrolysis) is 1. The van der Waals surface area contributed by atoms with Crippen LogP contribution in [0.4, 0.5) is 4.79 Å². The maximum atomic E-state index is 12.8. The minimum absolute atomic E-state index is 0.0288. The molecule has 0 fully saturated rings. The van der Waals surface area contributed by atoms with Gasteiger partial charge < -0.3 is 20.1 Å². The summed E-state index contributed by atoms with van der Waals surface area (Å²) in [5.41, 5.74) is 3.10. The Bertz CT molecular complexity index is 1070. The quantitative estimate of drug-likeness (QED) is 0.336. The van der Waals surface area contributed by atoms with Gasteiger partial charge in [-0.05, 0) is 69.2 Å². The zero-order valence-corrected chi connectivity index (χ0v) is 23.1. The number of esters is 1. The van der Waals surface area contributed by atoms with Gasteiger partial charge in [0.25, 0.3) is 0 Å². The minimum atomic E-state index is -0.935. The molecule has 2 aromatic rings. The second-order valence-corrected chi connectivity index (χ2v) is 11.7. The number of carbonyl (C=O) groups is 2. The molecule has 7 heteroatoms. The average Bonchev–Trinajstić information content (AvgIpc) is 3.09. The fraction of sp³-hybridized carbons (Fsp3) is 0.483. The van der Waals surface area contributed by atoms with E-state index < -0.39 is 23.3 Å². The normalized spacial score (nSPS) is 14.0. The van der Waals surface area contributed by atoms with E-state index in [0.29, 0.717) is 11.4 Å². The summed E-state index contributed by atoms with van der Waals surface area (Å²) in [4.78, 5) is 25.9. The average molecular weight is 511 g/mol. The van der Waals surface area contributed by atoms with Crippen LogP contribution in [-0.4, -0.2) is 40.8 Å². The predicted molar refractivity (Wildman–Crippen MR) is 147 cm³/mol. The third kappa shape index (κ3) is 6.84. The Balaban J connectivity index is 1.63. The summed E-state index contributed by atoms with van der Waals surface area (Å²) < 4.78 is 11.3. The van der Waals surface area contributed by atoms with Gasteiger partial charge in [0.15, 0.2) is 0 Å². The van der Waals surface area contributed by atoms with Gasteiger partial charge in [0.05, 0.1) is 5.54 Å². The van der Waals surface area contributed by atoms with Gasteiger partial charge in [-0.1, -0.05) is 74.6 Å². The molecule has 0 unspecified atom stereocenters. The molecular formula is C29H38N2O4S. The van der Waals surface area contributed by atoms with Gasteiger partial charge in [-0.2, -0.15) is 0 Å². The van der Waals surface area contributed by atoms with Crippen molar-refractivity contribution in [3.63, 3.8) is 0 Å². The Kier molecular flexibility index (Phi) is 8.44. The molecule has 0 bridgehead atoms. The van der Waals surface area contributed by atoms with Gasteiger partial charge in [-0.15, -0.1) is 0 Å². The molecule has 0 saturated heterocycles. The van der Waals surface area contributed by atoms with Gasteiger partial charge >= 0.3 is 12.1 Å². The van der Waals surface area contributed by atoms with E-state index in [9.17, 15) is 9.59 Å². The minimum Gasteiger partial charge on any atom is -0.458 e. The molecule has 1 aliphatic rings. The van der Waals surface area contributed by atoms with Gasteiger partial charge in [0, 0.05) is 5.92 Å². The number of hydrogen-bond acceptors (Lipinski definition) is 5. The van der Waals surface area contributed by atoms with Crippen molar-refractivity contribution in [1.82, 2.24) is 10.6 Å². The Morgan fingerprint density at radius 3 is 1.97 bits per heavy atom. The zero-order chi connectivity index (χ0) is 26.7. The van der Waals surface area contributed by atoms with E-state index in [1.54, 1.807) is 13.8 Å². The molecular weight excluding hydrogens is 472 g/mol. The fourth-order valence-electron chi connectivity index (χ4n) is 4.34. The van der Waals surface area contributed by atoms with Crippen molar-refractivity contribution in [3.8, 4) is 11.1 Å². The van der Waals surface area contributed by atoms with Crippen LogP contribution in [0, 0.1) is 5.92 Å². The van der Waals surface area contributed by atoms with Crippen LogP contribution in [-0.2, 0) is 14.3 Å². The largest absolute Gasteiger partial charge is 0.458 e. The Labute approximate surface area is 220 Å². The van der Waals surface area contributed by atoms with Crippen LogP contribution in [0.25, 0.3) is 11.1 Å².